The molecule has 0 fully saturated rings. The Balaban J connectivity index is 1.86. The lowest BCUT2D eigenvalue weighted by molar-refractivity contribution is -0.115. The number of nitrogens with one attached hydrogen (secondary N) is 2. The van der Waals surface area contributed by atoms with E-state index in [0.717, 1.165) is 11.3 Å². The molecule has 0 aliphatic heterocycles. The van der Waals surface area contributed by atoms with Crippen molar-refractivity contribution in [3.63, 3.8) is 0 Å². The number of methoxy groups -OCH3 is 1. The Morgan fingerprint density at radius 3 is 2.39 bits per heavy atom. The first kappa shape index (κ1) is 16.5. The Kier molecular flexibility index (Phi) is 5.71. The number of anilines is 1. The van der Waals surface area contributed by atoms with Crippen molar-refractivity contribution >= 4 is 35.0 Å². The molecular formula is C17H16N2O3S. The van der Waals surface area contributed by atoms with Crippen molar-refractivity contribution in [1.82, 2.24) is 5.32 Å². The topological polar surface area (TPSA) is 70.6 Å². The number of rotatable bonds is 4. The minimum absolute atomic E-state index is 0.160. The van der Waals surface area contributed by atoms with Crippen LogP contribution in [0.25, 0.3) is 6.08 Å². The predicted molar refractivity (Wildman–Crippen MR) is 94.5 cm³/mol. The fourth-order valence-electron chi connectivity index (χ4n) is 1.75. The average Bonchev–Trinajstić information content (AvgIpc) is 2.55. The van der Waals surface area contributed by atoms with Gasteiger partial charge in [0.1, 0.15) is 11.5 Å². The fourth-order valence-corrected chi connectivity index (χ4v) is 1.97. The van der Waals surface area contributed by atoms with Crippen LogP contribution in [0.2, 0.25) is 0 Å². The van der Waals surface area contributed by atoms with Gasteiger partial charge in [0, 0.05) is 11.8 Å². The molecular weight excluding hydrogens is 312 g/mol. The first-order valence-corrected chi connectivity index (χ1v) is 7.21. The molecule has 0 unspecified atom stereocenters. The molecule has 3 N–H and O–H groups in total. The van der Waals surface area contributed by atoms with Gasteiger partial charge in [0.25, 0.3) is 0 Å². The van der Waals surface area contributed by atoms with Crippen LogP contribution >= 0.6 is 12.2 Å². The summed E-state index contributed by atoms with van der Waals surface area (Å²) in [5.41, 5.74) is 1.55. The SMILES string of the molecule is COc1ccc(/C=C/C(=O)NC(=S)Nc2ccc(O)cc2)cc1. The highest BCUT2D eigenvalue weighted by Crippen LogP contribution is 2.14. The zero-order valence-corrected chi connectivity index (χ0v) is 13.3. The van der Waals surface area contributed by atoms with Crippen LogP contribution in [0.4, 0.5) is 5.69 Å². The van der Waals surface area contributed by atoms with E-state index >= 15 is 0 Å². The van der Waals surface area contributed by atoms with Crippen LogP contribution < -0.4 is 15.4 Å². The van der Waals surface area contributed by atoms with E-state index in [9.17, 15) is 9.90 Å². The highest BCUT2D eigenvalue weighted by Gasteiger charge is 2.01. The number of carbonyl (C=O) groups is 1. The number of ether oxygens (including phenoxy) is 1. The third-order valence-corrected chi connectivity index (χ3v) is 3.11. The molecule has 0 aliphatic rings. The van der Waals surface area contributed by atoms with Crippen LogP contribution in [0.1, 0.15) is 5.56 Å². The van der Waals surface area contributed by atoms with Crippen LogP contribution in [-0.2, 0) is 4.79 Å². The predicted octanol–water partition coefficient (Wildman–Crippen LogP) is 2.93. The quantitative estimate of drug-likeness (QED) is 0.457. The minimum atomic E-state index is -0.336. The number of phenols is 1. The van der Waals surface area contributed by atoms with Crippen LogP contribution in [0.3, 0.4) is 0 Å². The van der Waals surface area contributed by atoms with Crippen LogP contribution in [-0.4, -0.2) is 23.2 Å². The van der Waals surface area contributed by atoms with Crippen LogP contribution in [0, 0.1) is 0 Å². The summed E-state index contributed by atoms with van der Waals surface area (Å²) < 4.78 is 5.07. The van der Waals surface area contributed by atoms with Crippen molar-refractivity contribution in [1.29, 1.82) is 0 Å². The maximum absolute atomic E-state index is 11.8. The Morgan fingerprint density at radius 2 is 1.78 bits per heavy atom. The number of aromatic hydroxyl groups is 1. The lowest BCUT2D eigenvalue weighted by Crippen LogP contribution is -2.32. The lowest BCUT2D eigenvalue weighted by Gasteiger charge is -2.08. The number of hydrogen-bond donors (Lipinski definition) is 3. The molecule has 0 aromatic heterocycles. The Hall–Kier alpha value is -2.86. The summed E-state index contributed by atoms with van der Waals surface area (Å²) in [7, 11) is 1.60. The number of phenolic OH excluding ortho intramolecular Hbond substituents is 1. The van der Waals surface area contributed by atoms with Crippen molar-refractivity contribution in [2.45, 2.75) is 0 Å². The number of carbonyl (C=O) groups excluding carboxylic acids is 1. The van der Waals surface area contributed by atoms with Crippen LogP contribution in [0.15, 0.2) is 54.6 Å². The van der Waals surface area contributed by atoms with Gasteiger partial charge in [-0.15, -0.1) is 0 Å². The van der Waals surface area contributed by atoms with E-state index in [1.54, 1.807) is 25.3 Å². The highest BCUT2D eigenvalue weighted by molar-refractivity contribution is 7.80. The molecule has 2 aromatic carbocycles. The van der Waals surface area contributed by atoms with E-state index < -0.39 is 0 Å². The van der Waals surface area contributed by atoms with Gasteiger partial charge in [-0.25, -0.2) is 0 Å². The normalized spacial score (nSPS) is 10.3. The van der Waals surface area contributed by atoms with E-state index in [1.165, 1.54) is 18.2 Å². The van der Waals surface area contributed by atoms with Gasteiger partial charge in [-0.05, 0) is 60.3 Å². The van der Waals surface area contributed by atoms with E-state index in [1.807, 2.05) is 24.3 Å². The van der Waals surface area contributed by atoms with Crippen molar-refractivity contribution in [3.8, 4) is 11.5 Å². The van der Waals surface area contributed by atoms with Crippen molar-refractivity contribution in [2.75, 3.05) is 12.4 Å². The maximum Gasteiger partial charge on any atom is 0.250 e. The van der Waals surface area contributed by atoms with E-state index in [4.69, 9.17) is 17.0 Å². The molecule has 0 saturated carbocycles. The summed E-state index contributed by atoms with van der Waals surface area (Å²) in [6.45, 7) is 0. The van der Waals surface area contributed by atoms with Gasteiger partial charge in [0.2, 0.25) is 5.91 Å². The fraction of sp³-hybridized carbons (Fsp3) is 0.0588. The number of hydrogen-bond acceptors (Lipinski definition) is 4. The smallest absolute Gasteiger partial charge is 0.250 e. The van der Waals surface area contributed by atoms with E-state index in [-0.39, 0.29) is 16.8 Å². The van der Waals surface area contributed by atoms with Gasteiger partial charge >= 0.3 is 0 Å². The van der Waals surface area contributed by atoms with Gasteiger partial charge in [0.05, 0.1) is 7.11 Å². The summed E-state index contributed by atoms with van der Waals surface area (Å²) in [5, 5.41) is 14.8. The summed E-state index contributed by atoms with van der Waals surface area (Å²) >= 11 is 5.05. The molecule has 2 rings (SSSR count). The second kappa shape index (κ2) is 7.95. The van der Waals surface area contributed by atoms with Crippen molar-refractivity contribution in [2.24, 2.45) is 0 Å². The maximum atomic E-state index is 11.8. The average molecular weight is 328 g/mol. The van der Waals surface area contributed by atoms with Crippen molar-refractivity contribution < 1.29 is 14.6 Å². The number of thiocarbonyl (C=S) groups is 1. The standard InChI is InChI=1S/C17H16N2O3S/c1-22-15-9-2-12(3-10-15)4-11-16(21)19-17(23)18-13-5-7-14(20)8-6-13/h2-11,20H,1H3,(H2,18,19,21,23)/b11-4+. The molecule has 0 heterocycles. The third-order valence-electron chi connectivity index (χ3n) is 2.90. The Morgan fingerprint density at radius 1 is 1.13 bits per heavy atom. The second-order valence-corrected chi connectivity index (χ2v) is 5.00. The summed E-state index contributed by atoms with van der Waals surface area (Å²) in [5.74, 6) is 0.580. The molecule has 23 heavy (non-hydrogen) atoms. The Bertz CT molecular complexity index is 710. The minimum Gasteiger partial charge on any atom is -0.508 e. The Labute approximate surface area is 139 Å². The van der Waals surface area contributed by atoms with Gasteiger partial charge in [0.15, 0.2) is 5.11 Å². The van der Waals surface area contributed by atoms with E-state index in [2.05, 4.69) is 10.6 Å². The van der Waals surface area contributed by atoms with Crippen molar-refractivity contribution in [3.05, 3.63) is 60.2 Å². The first-order chi connectivity index (χ1) is 11.1. The van der Waals surface area contributed by atoms with Gasteiger partial charge in [-0.1, -0.05) is 12.1 Å². The molecule has 0 saturated heterocycles. The first-order valence-electron chi connectivity index (χ1n) is 6.80. The highest BCUT2D eigenvalue weighted by atomic mass is 32.1. The summed E-state index contributed by atoms with van der Waals surface area (Å²) in [6, 6.07) is 13.7. The molecule has 0 radical (unpaired) electrons. The number of benzene rings is 2. The van der Waals surface area contributed by atoms with Gasteiger partial charge in [-0.3, -0.25) is 10.1 Å². The molecule has 2 aromatic rings. The third kappa shape index (κ3) is 5.44. The largest absolute Gasteiger partial charge is 0.508 e. The van der Waals surface area contributed by atoms with Crippen LogP contribution in [0.5, 0.6) is 11.5 Å². The summed E-state index contributed by atoms with van der Waals surface area (Å²) in [4.78, 5) is 11.8. The number of amides is 1. The van der Waals surface area contributed by atoms with Gasteiger partial charge in [-0.2, -0.15) is 0 Å². The molecule has 5 nitrogen and oxygen atoms in total. The zero-order valence-electron chi connectivity index (χ0n) is 12.4. The lowest BCUT2D eigenvalue weighted by atomic mass is 10.2. The second-order valence-electron chi connectivity index (χ2n) is 4.60. The molecule has 118 valence electrons. The van der Waals surface area contributed by atoms with Gasteiger partial charge < -0.3 is 15.2 Å². The molecule has 0 spiro atoms. The zero-order chi connectivity index (χ0) is 16.7. The molecule has 6 heteroatoms. The summed E-state index contributed by atoms with van der Waals surface area (Å²) in [6.07, 6.45) is 3.07. The molecule has 0 bridgehead atoms. The molecule has 1 amide bonds. The molecule has 0 atom stereocenters. The molecule has 0 aliphatic carbocycles. The monoisotopic (exact) mass is 328 g/mol. The van der Waals surface area contributed by atoms with E-state index in [0.29, 0.717) is 5.69 Å².